The summed E-state index contributed by atoms with van der Waals surface area (Å²) < 4.78 is 64.4. The Morgan fingerprint density at radius 1 is 0.283 bits per heavy atom. The Morgan fingerprint density at radius 3 is 0.783 bits per heavy atom. The number of hydrogen-bond acceptors (Lipinski definition) is 6. The average molecular weight is 1250 g/mol. The average Bonchev–Trinajstić information content (AvgIpc) is 0.758. The molecule has 0 aromatic heterocycles. The number of alkyl halides is 3. The van der Waals surface area contributed by atoms with Crippen LogP contribution in [-0.2, 0) is 5.41 Å². The molecule has 1 aliphatic carbocycles. The number of carbonyl (C=O) groups excluding carboxylic acids is 2. The smallest absolute Gasteiger partial charge is 0.402 e. The molecule has 9 aromatic carbocycles. The molecule has 0 heterocycles. The second-order valence-electron chi connectivity index (χ2n) is 25.7. The molecule has 6 nitrogen and oxygen atoms in total. The normalized spacial score (nSPS) is 14.8. The van der Waals surface area contributed by atoms with E-state index in [0.29, 0.717) is 34.1 Å². The van der Waals surface area contributed by atoms with Gasteiger partial charge in [0.1, 0.15) is 39.9 Å². The van der Waals surface area contributed by atoms with Gasteiger partial charge in [0.05, 0.1) is 11.1 Å². The van der Waals surface area contributed by atoms with Crippen molar-refractivity contribution in [3.63, 3.8) is 0 Å². The summed E-state index contributed by atoms with van der Waals surface area (Å²) in [7, 11) is 0. The van der Waals surface area contributed by atoms with E-state index < -0.39 is 23.5 Å². The Bertz CT molecular complexity index is 3710. The van der Waals surface area contributed by atoms with Gasteiger partial charge >= 0.3 is 18.1 Å². The summed E-state index contributed by atoms with van der Waals surface area (Å²) in [6.45, 7) is 43.1. The molecule has 92 heavy (non-hydrogen) atoms. The summed E-state index contributed by atoms with van der Waals surface area (Å²) in [5, 5.41) is 0. The predicted octanol–water partition coefficient (Wildman–Crippen LogP) is 23.1. The van der Waals surface area contributed by atoms with Gasteiger partial charge in [-0.3, -0.25) is 0 Å². The zero-order valence-electron chi connectivity index (χ0n) is 58.1. The number of carbonyl (C=O) groups is 2. The number of hydrogen-bond donors (Lipinski definition) is 0. The van der Waals surface area contributed by atoms with Gasteiger partial charge in [0.2, 0.25) is 0 Å². The zero-order valence-corrected chi connectivity index (χ0v) is 58.1. The second kappa shape index (κ2) is 31.6. The van der Waals surface area contributed by atoms with Crippen molar-refractivity contribution in [1.29, 1.82) is 0 Å². The van der Waals surface area contributed by atoms with Crippen molar-refractivity contribution in [3.8, 4) is 34.5 Å². The molecule has 0 radical (unpaired) electrons. The molecule has 0 amide bonds. The quantitative estimate of drug-likeness (QED) is 0.100. The molecule has 0 saturated heterocycles. The fraction of sp³-hybridized carbons (Fsp3) is 0.325. The van der Waals surface area contributed by atoms with Crippen LogP contribution >= 0.6 is 0 Å². The number of halogens is 3. The van der Waals surface area contributed by atoms with Crippen molar-refractivity contribution >= 4 is 11.9 Å². The molecule has 0 aliphatic heterocycles. The molecule has 10 rings (SSSR count). The fourth-order valence-corrected chi connectivity index (χ4v) is 10.5. The van der Waals surface area contributed by atoms with Crippen LogP contribution in [-0.4, -0.2) is 18.1 Å². The van der Waals surface area contributed by atoms with Crippen molar-refractivity contribution in [1.82, 2.24) is 0 Å². The van der Waals surface area contributed by atoms with Gasteiger partial charge < -0.3 is 18.9 Å². The maximum atomic E-state index is 13.9. The van der Waals surface area contributed by atoms with Gasteiger partial charge in [-0.1, -0.05) is 100 Å². The van der Waals surface area contributed by atoms with Crippen molar-refractivity contribution in [2.45, 2.75) is 157 Å². The van der Waals surface area contributed by atoms with E-state index in [2.05, 4.69) is 119 Å². The first-order valence-corrected chi connectivity index (χ1v) is 31.7. The van der Waals surface area contributed by atoms with E-state index >= 15 is 0 Å². The predicted molar refractivity (Wildman–Crippen MR) is 373 cm³/mol. The number of aryl methyl sites for hydroxylation is 16. The van der Waals surface area contributed by atoms with Crippen LogP contribution in [0.1, 0.15) is 155 Å². The second-order valence-corrected chi connectivity index (χ2v) is 25.7. The Kier molecular flexibility index (Phi) is 24.8. The number of benzene rings is 9. The van der Waals surface area contributed by atoms with Crippen LogP contribution in [0.15, 0.2) is 170 Å². The summed E-state index contributed by atoms with van der Waals surface area (Å²) in [6, 6.07) is 51.3. The first-order chi connectivity index (χ1) is 43.2. The Labute approximate surface area is 547 Å². The van der Waals surface area contributed by atoms with Gasteiger partial charge in [-0.15, -0.1) is 0 Å². The van der Waals surface area contributed by atoms with E-state index in [0.717, 1.165) is 79.7 Å². The van der Waals surface area contributed by atoms with Gasteiger partial charge in [0, 0.05) is 0 Å². The lowest BCUT2D eigenvalue weighted by molar-refractivity contribution is -0.173. The van der Waals surface area contributed by atoms with Gasteiger partial charge in [0.25, 0.3) is 0 Å². The highest BCUT2D eigenvalue weighted by Crippen LogP contribution is 2.47. The van der Waals surface area contributed by atoms with Crippen LogP contribution in [0.5, 0.6) is 34.5 Å². The Hall–Kier alpha value is -8.69. The zero-order chi connectivity index (χ0) is 68.1. The van der Waals surface area contributed by atoms with Crippen LogP contribution in [0.2, 0.25) is 0 Å². The summed E-state index contributed by atoms with van der Waals surface area (Å²) in [5.41, 5.74) is 18.3. The molecule has 1 aliphatic rings. The highest BCUT2D eigenvalue weighted by Gasteiger charge is 2.53. The van der Waals surface area contributed by atoms with Crippen molar-refractivity contribution in [3.05, 3.63) is 281 Å². The van der Waals surface area contributed by atoms with Crippen molar-refractivity contribution in [2.75, 3.05) is 0 Å². The Morgan fingerprint density at radius 2 is 0.511 bits per heavy atom. The van der Waals surface area contributed by atoms with E-state index in [1.165, 1.54) is 51.4 Å². The van der Waals surface area contributed by atoms with Crippen molar-refractivity contribution < 1.29 is 41.7 Å². The maximum absolute atomic E-state index is 13.9. The molecule has 1 saturated carbocycles. The molecular formula is C83H95F3O6. The highest BCUT2D eigenvalue weighted by atomic mass is 19.4. The van der Waals surface area contributed by atoms with E-state index in [4.69, 9.17) is 18.9 Å². The molecule has 0 bridgehead atoms. The molecule has 0 unspecified atom stereocenters. The molecular weight excluding hydrogens is 1150 g/mol. The minimum atomic E-state index is -4.36. The van der Waals surface area contributed by atoms with Crippen LogP contribution in [0.3, 0.4) is 0 Å². The van der Waals surface area contributed by atoms with Crippen molar-refractivity contribution in [2.24, 2.45) is 23.7 Å². The van der Waals surface area contributed by atoms with Crippen LogP contribution < -0.4 is 18.9 Å². The minimum Gasteiger partial charge on any atom is -0.457 e. The molecule has 0 N–H and O–H groups in total. The standard InChI is InChI=1S/C30H26O5.C19H21F3.C16H18O.C10H14.C8H16/c1-19-5-7-23(17-21(19)3)29(31)34-27-13-9-25(10-14-27)33-26-11-15-28(16-12-26)35-30(32)24-8-6-20(2)22(4)18-24;1-12-6-8-16(10-14(12)3)18(5,19(20,21)22)17-9-7-13(2)15(4)11-17;1-11-5-7-15(9-13(11)3)17-16-8-6-12(2)14(4)10-16;1-7-5-9(3)10(4)6-8(7)2;1-5-6(2)8(4)7(5)3/h5-18H,1-4H3;6-11H,1-5H3;5-10H,1-4H3;5-6H,1-4H3;5-8H,1-4H3. The molecule has 0 atom stereocenters. The minimum absolute atomic E-state index is 0.284. The number of ether oxygens (including phenoxy) is 4. The van der Waals surface area contributed by atoms with E-state index in [-0.39, 0.29) is 11.1 Å². The van der Waals surface area contributed by atoms with Crippen LogP contribution in [0.25, 0.3) is 0 Å². The first kappa shape index (κ1) is 72.4. The lowest BCUT2D eigenvalue weighted by Gasteiger charge is -2.45. The van der Waals surface area contributed by atoms with E-state index in [1.807, 2.05) is 91.8 Å². The van der Waals surface area contributed by atoms with Gasteiger partial charge in [-0.2, -0.15) is 13.2 Å². The third kappa shape index (κ3) is 19.0. The highest BCUT2D eigenvalue weighted by molar-refractivity contribution is 5.92. The third-order valence-corrected chi connectivity index (χ3v) is 19.1. The molecule has 1 fully saturated rings. The Balaban J connectivity index is 0.000000201. The SMILES string of the molecule is CC1C(C)C(C)C1C.Cc1cc(C)c(C)cc1C.Cc1ccc(C(=O)Oc2ccc(Oc3ccc(OC(=O)c4ccc(C)c(C)c4)cc3)cc2)cc1C.Cc1ccc(C(C)(c2ccc(C)c(C)c2)C(F)(F)F)cc1C.Cc1ccc(Oc2ccc(C)c(C)c2)cc1C. The molecule has 0 spiro atoms. The first-order valence-electron chi connectivity index (χ1n) is 31.7. The van der Waals surface area contributed by atoms with E-state index in [9.17, 15) is 22.8 Å². The molecule has 9 heteroatoms. The number of rotatable bonds is 10. The van der Waals surface area contributed by atoms with Crippen LogP contribution in [0.4, 0.5) is 13.2 Å². The topological polar surface area (TPSA) is 71.1 Å². The molecule has 484 valence electrons. The molecule has 9 aromatic rings. The third-order valence-electron chi connectivity index (χ3n) is 19.1. The summed E-state index contributed by atoms with van der Waals surface area (Å²) in [5.74, 6) is 6.90. The van der Waals surface area contributed by atoms with Crippen LogP contribution in [0, 0.1) is 134 Å². The fourth-order valence-electron chi connectivity index (χ4n) is 10.5. The van der Waals surface area contributed by atoms with Gasteiger partial charge in [0.15, 0.2) is 0 Å². The largest absolute Gasteiger partial charge is 0.457 e. The van der Waals surface area contributed by atoms with Gasteiger partial charge in [-0.25, -0.2) is 9.59 Å². The monoisotopic (exact) mass is 1240 g/mol. The van der Waals surface area contributed by atoms with E-state index in [1.54, 1.807) is 97.1 Å². The summed E-state index contributed by atoms with van der Waals surface area (Å²) in [6.07, 6.45) is -4.36. The number of esters is 2. The van der Waals surface area contributed by atoms with Gasteiger partial charge in [-0.05, 0) is 339 Å². The summed E-state index contributed by atoms with van der Waals surface area (Å²) >= 11 is 0. The lowest BCUT2D eigenvalue weighted by atomic mass is 9.60. The maximum Gasteiger partial charge on any atom is 0.402 e. The summed E-state index contributed by atoms with van der Waals surface area (Å²) in [4.78, 5) is 24.8. The lowest BCUT2D eigenvalue weighted by Crippen LogP contribution is -2.40.